The summed E-state index contributed by atoms with van der Waals surface area (Å²) in [6, 6.07) is 28.0. The second-order valence-corrected chi connectivity index (χ2v) is 10.5. The van der Waals surface area contributed by atoms with E-state index >= 15 is 0 Å². The van der Waals surface area contributed by atoms with Gasteiger partial charge in [-0.15, -0.1) is 11.8 Å². The van der Waals surface area contributed by atoms with E-state index in [0.29, 0.717) is 32.5 Å². The fourth-order valence-electron chi connectivity index (χ4n) is 3.58. The van der Waals surface area contributed by atoms with Gasteiger partial charge in [-0.2, -0.15) is 0 Å². The molecule has 0 unspecified atom stereocenters. The maximum absolute atomic E-state index is 13.2. The number of carbonyl (C=O) groups excluding carboxylic acids is 3. The topological polar surface area (TPSA) is 87.3 Å². The molecular formula is C31H25Cl2N3O3S. The Morgan fingerprint density at radius 1 is 0.800 bits per heavy atom. The zero-order valence-corrected chi connectivity index (χ0v) is 23.7. The number of hydrogen-bond acceptors (Lipinski definition) is 4. The van der Waals surface area contributed by atoms with Gasteiger partial charge in [0.25, 0.3) is 11.8 Å². The SMILES string of the molecule is Cc1c(Cl)cccc1NC(=O)CSc1ccc(NC(=O)/C(=C/c2ccc(Cl)cc2)NC(=O)c2ccccc2)cc1. The van der Waals surface area contributed by atoms with Crippen molar-refractivity contribution < 1.29 is 14.4 Å². The highest BCUT2D eigenvalue weighted by molar-refractivity contribution is 8.00. The van der Waals surface area contributed by atoms with Gasteiger partial charge in [0.2, 0.25) is 5.91 Å². The summed E-state index contributed by atoms with van der Waals surface area (Å²) in [6.45, 7) is 1.85. The minimum atomic E-state index is -0.490. The number of carbonyl (C=O) groups is 3. The van der Waals surface area contributed by atoms with E-state index in [9.17, 15) is 14.4 Å². The third kappa shape index (κ3) is 8.23. The second-order valence-electron chi connectivity index (χ2n) is 8.66. The van der Waals surface area contributed by atoms with Crippen molar-refractivity contribution in [1.29, 1.82) is 0 Å². The predicted molar refractivity (Wildman–Crippen MR) is 164 cm³/mol. The largest absolute Gasteiger partial charge is 0.325 e. The highest BCUT2D eigenvalue weighted by atomic mass is 35.5. The van der Waals surface area contributed by atoms with E-state index in [1.165, 1.54) is 11.8 Å². The summed E-state index contributed by atoms with van der Waals surface area (Å²) in [5.41, 5.74) is 3.21. The molecule has 0 aromatic heterocycles. The highest BCUT2D eigenvalue weighted by Gasteiger charge is 2.15. The Labute approximate surface area is 246 Å². The molecule has 0 aliphatic heterocycles. The van der Waals surface area contributed by atoms with Crippen LogP contribution in [0.4, 0.5) is 11.4 Å². The molecule has 0 aliphatic carbocycles. The van der Waals surface area contributed by atoms with Gasteiger partial charge in [-0.05, 0) is 84.8 Å². The predicted octanol–water partition coefficient (Wildman–Crippen LogP) is 7.44. The lowest BCUT2D eigenvalue weighted by molar-refractivity contribution is -0.114. The molecular weight excluding hydrogens is 565 g/mol. The standard InChI is InChI=1S/C31H25Cl2N3O3S/c1-20-26(33)8-5-9-27(20)35-29(37)19-40-25-16-14-24(15-17-25)34-31(39)28(18-21-10-12-23(32)13-11-21)36-30(38)22-6-3-2-4-7-22/h2-18H,19H2,1H3,(H,34,39)(H,35,37)(H,36,38)/b28-18-. The Hall–Kier alpha value is -4.04. The summed E-state index contributed by atoms with van der Waals surface area (Å²) in [4.78, 5) is 39.2. The zero-order chi connectivity index (χ0) is 28.5. The number of thioether (sulfide) groups is 1. The van der Waals surface area contributed by atoms with Gasteiger partial charge in [0.15, 0.2) is 0 Å². The van der Waals surface area contributed by atoms with Crippen LogP contribution in [0.15, 0.2) is 108 Å². The average Bonchev–Trinajstić information content (AvgIpc) is 2.96. The van der Waals surface area contributed by atoms with Gasteiger partial charge in [0, 0.05) is 31.9 Å². The minimum absolute atomic E-state index is 0.0719. The first-order chi connectivity index (χ1) is 19.3. The molecule has 0 saturated heterocycles. The van der Waals surface area contributed by atoms with Gasteiger partial charge < -0.3 is 16.0 Å². The molecule has 0 atom stereocenters. The van der Waals surface area contributed by atoms with Crippen LogP contribution in [0.1, 0.15) is 21.5 Å². The van der Waals surface area contributed by atoms with Crippen LogP contribution >= 0.6 is 35.0 Å². The van der Waals surface area contributed by atoms with Crippen molar-refractivity contribution in [3.05, 3.63) is 129 Å². The summed E-state index contributed by atoms with van der Waals surface area (Å²) < 4.78 is 0. The van der Waals surface area contributed by atoms with Crippen molar-refractivity contribution in [2.24, 2.45) is 0 Å². The molecule has 0 spiro atoms. The van der Waals surface area contributed by atoms with Crippen LogP contribution < -0.4 is 16.0 Å². The van der Waals surface area contributed by atoms with Crippen molar-refractivity contribution in [3.8, 4) is 0 Å². The van der Waals surface area contributed by atoms with Crippen LogP contribution in [0, 0.1) is 6.92 Å². The lowest BCUT2D eigenvalue weighted by Gasteiger charge is -2.12. The van der Waals surface area contributed by atoms with E-state index in [4.69, 9.17) is 23.2 Å². The van der Waals surface area contributed by atoms with Crippen molar-refractivity contribution >= 4 is 70.1 Å². The molecule has 40 heavy (non-hydrogen) atoms. The van der Waals surface area contributed by atoms with Crippen molar-refractivity contribution in [2.45, 2.75) is 11.8 Å². The van der Waals surface area contributed by atoms with Crippen LogP contribution in [0.25, 0.3) is 6.08 Å². The van der Waals surface area contributed by atoms with Crippen LogP contribution in [-0.2, 0) is 9.59 Å². The molecule has 3 amide bonds. The normalized spacial score (nSPS) is 11.0. The number of anilines is 2. The summed E-state index contributed by atoms with van der Waals surface area (Å²) in [5, 5.41) is 9.55. The van der Waals surface area contributed by atoms with E-state index in [1.807, 2.05) is 25.1 Å². The molecule has 0 heterocycles. The Morgan fingerprint density at radius 2 is 1.50 bits per heavy atom. The molecule has 3 N–H and O–H groups in total. The second kappa shape index (κ2) is 13.8. The van der Waals surface area contributed by atoms with Gasteiger partial charge >= 0.3 is 0 Å². The summed E-state index contributed by atoms with van der Waals surface area (Å²) in [5.74, 6) is -0.847. The van der Waals surface area contributed by atoms with Crippen LogP contribution in [0.2, 0.25) is 10.0 Å². The van der Waals surface area contributed by atoms with Gasteiger partial charge in [-0.1, -0.05) is 59.6 Å². The van der Waals surface area contributed by atoms with E-state index < -0.39 is 11.8 Å². The monoisotopic (exact) mass is 589 g/mol. The van der Waals surface area contributed by atoms with E-state index in [1.54, 1.807) is 84.9 Å². The van der Waals surface area contributed by atoms with E-state index in [-0.39, 0.29) is 17.4 Å². The Bertz CT molecular complexity index is 1540. The molecule has 0 fully saturated rings. The minimum Gasteiger partial charge on any atom is -0.325 e. The van der Waals surface area contributed by atoms with Gasteiger partial charge in [-0.25, -0.2) is 0 Å². The smallest absolute Gasteiger partial charge is 0.272 e. The maximum Gasteiger partial charge on any atom is 0.272 e. The third-order valence-electron chi connectivity index (χ3n) is 5.73. The first-order valence-corrected chi connectivity index (χ1v) is 14.0. The molecule has 202 valence electrons. The zero-order valence-electron chi connectivity index (χ0n) is 21.4. The molecule has 0 saturated carbocycles. The maximum atomic E-state index is 13.2. The van der Waals surface area contributed by atoms with E-state index in [0.717, 1.165) is 10.5 Å². The number of amides is 3. The van der Waals surface area contributed by atoms with Crippen molar-refractivity contribution in [2.75, 3.05) is 16.4 Å². The number of rotatable bonds is 9. The number of benzene rings is 4. The van der Waals surface area contributed by atoms with Crippen LogP contribution in [0.5, 0.6) is 0 Å². The lowest BCUT2D eigenvalue weighted by atomic mass is 10.1. The molecule has 0 aliphatic rings. The van der Waals surface area contributed by atoms with Gasteiger partial charge in [-0.3, -0.25) is 14.4 Å². The molecule has 9 heteroatoms. The molecule has 6 nitrogen and oxygen atoms in total. The van der Waals surface area contributed by atoms with Crippen molar-refractivity contribution in [1.82, 2.24) is 5.32 Å². The summed E-state index contributed by atoms with van der Waals surface area (Å²) in [7, 11) is 0. The van der Waals surface area contributed by atoms with Crippen LogP contribution in [-0.4, -0.2) is 23.5 Å². The molecule has 4 aromatic rings. The number of hydrogen-bond donors (Lipinski definition) is 3. The number of nitrogens with one attached hydrogen (secondary N) is 3. The fourth-order valence-corrected chi connectivity index (χ4v) is 4.58. The van der Waals surface area contributed by atoms with E-state index in [2.05, 4.69) is 16.0 Å². The average molecular weight is 591 g/mol. The molecule has 4 aromatic carbocycles. The highest BCUT2D eigenvalue weighted by Crippen LogP contribution is 2.25. The third-order valence-corrected chi connectivity index (χ3v) is 7.41. The first kappa shape index (κ1) is 29.0. The fraction of sp³-hybridized carbons (Fsp3) is 0.0645. The molecule has 0 radical (unpaired) electrons. The lowest BCUT2D eigenvalue weighted by Crippen LogP contribution is -2.30. The summed E-state index contributed by atoms with van der Waals surface area (Å²) in [6.07, 6.45) is 1.58. The molecule has 0 bridgehead atoms. The van der Waals surface area contributed by atoms with Crippen molar-refractivity contribution in [3.63, 3.8) is 0 Å². The summed E-state index contributed by atoms with van der Waals surface area (Å²) >= 11 is 13.5. The van der Waals surface area contributed by atoms with Crippen LogP contribution in [0.3, 0.4) is 0 Å². The Kier molecular flexibility index (Phi) is 10.0. The molecule has 4 rings (SSSR count). The first-order valence-electron chi connectivity index (χ1n) is 12.2. The Morgan fingerprint density at radius 3 is 2.20 bits per heavy atom. The Balaban J connectivity index is 1.40. The quantitative estimate of drug-likeness (QED) is 0.140. The van der Waals surface area contributed by atoms with Gasteiger partial charge in [0.1, 0.15) is 5.70 Å². The van der Waals surface area contributed by atoms with Gasteiger partial charge in [0.05, 0.1) is 5.75 Å². The number of halogens is 2.